The second-order valence-corrected chi connectivity index (χ2v) is 8.23. The Morgan fingerprint density at radius 2 is 2.04 bits per heavy atom. The zero-order chi connectivity index (χ0) is 19.6. The molecule has 1 aliphatic heterocycles. The summed E-state index contributed by atoms with van der Waals surface area (Å²) in [5.74, 6) is 0. The number of aromatic nitrogens is 1. The Bertz CT molecular complexity index is 954. The van der Waals surface area contributed by atoms with E-state index in [0.717, 1.165) is 62.5 Å². The molecule has 1 aliphatic rings. The fourth-order valence-corrected chi connectivity index (χ4v) is 4.61. The van der Waals surface area contributed by atoms with Crippen LogP contribution in [0.1, 0.15) is 35.3 Å². The average molecular weight is 405 g/mol. The first-order chi connectivity index (χ1) is 13.5. The van der Waals surface area contributed by atoms with E-state index in [2.05, 4.69) is 33.5 Å². The maximum absolute atomic E-state index is 13.0. The average Bonchev–Trinajstić information content (AvgIpc) is 3.35. The molecule has 2 nitrogen and oxygen atoms in total. The molecule has 28 heavy (non-hydrogen) atoms. The van der Waals surface area contributed by atoms with Crippen LogP contribution in [0.15, 0.2) is 48.0 Å². The van der Waals surface area contributed by atoms with Crippen LogP contribution in [-0.4, -0.2) is 29.5 Å². The van der Waals surface area contributed by atoms with Gasteiger partial charge in [-0.25, -0.2) is 0 Å². The molecule has 3 aromatic rings. The standard InChI is InChI=1S/C22H23F3N2S/c23-22(24,25)18-6-7-20-19(14-18)17(15-26-20)4-1-2-10-27-11-8-16(9-12-27)21-5-3-13-28-21/h3,5-8,13-15,26H,1-2,4,9-12H2. The van der Waals surface area contributed by atoms with Crippen LogP contribution in [0.25, 0.3) is 16.5 Å². The summed E-state index contributed by atoms with van der Waals surface area (Å²) in [6.07, 6.45) is 3.78. The second-order valence-electron chi connectivity index (χ2n) is 7.29. The van der Waals surface area contributed by atoms with E-state index in [4.69, 9.17) is 0 Å². The van der Waals surface area contributed by atoms with Crippen molar-refractivity contribution in [3.63, 3.8) is 0 Å². The first-order valence-electron chi connectivity index (χ1n) is 9.63. The summed E-state index contributed by atoms with van der Waals surface area (Å²) in [7, 11) is 0. The Balaban J connectivity index is 1.29. The number of nitrogens with zero attached hydrogens (tertiary/aromatic N) is 1. The number of rotatable bonds is 6. The van der Waals surface area contributed by atoms with E-state index in [1.165, 1.54) is 22.6 Å². The molecule has 0 saturated carbocycles. The van der Waals surface area contributed by atoms with Crippen LogP contribution in [0.3, 0.4) is 0 Å². The summed E-state index contributed by atoms with van der Waals surface area (Å²) in [5, 5.41) is 2.81. The van der Waals surface area contributed by atoms with Gasteiger partial charge in [0.15, 0.2) is 0 Å². The van der Waals surface area contributed by atoms with Crippen LogP contribution < -0.4 is 0 Å². The molecule has 0 radical (unpaired) electrons. The van der Waals surface area contributed by atoms with Crippen molar-refractivity contribution < 1.29 is 13.2 Å². The van der Waals surface area contributed by atoms with E-state index in [0.29, 0.717) is 5.39 Å². The minimum Gasteiger partial charge on any atom is -0.361 e. The van der Waals surface area contributed by atoms with Crippen LogP contribution in [0.4, 0.5) is 13.2 Å². The van der Waals surface area contributed by atoms with Crippen molar-refractivity contribution in [1.29, 1.82) is 0 Å². The third-order valence-electron chi connectivity index (χ3n) is 5.40. The molecule has 0 spiro atoms. The number of unbranched alkanes of at least 4 members (excludes halogenated alkanes) is 1. The molecule has 2 aromatic heterocycles. The second kappa shape index (κ2) is 8.13. The Kier molecular flexibility index (Phi) is 5.60. The lowest BCUT2D eigenvalue weighted by atomic mass is 10.0. The van der Waals surface area contributed by atoms with Gasteiger partial charge in [-0.05, 0) is 73.0 Å². The monoisotopic (exact) mass is 404 g/mol. The first kappa shape index (κ1) is 19.3. The van der Waals surface area contributed by atoms with Crippen molar-refractivity contribution in [2.75, 3.05) is 19.6 Å². The van der Waals surface area contributed by atoms with Crippen LogP contribution in [0, 0.1) is 0 Å². The predicted molar refractivity (Wildman–Crippen MR) is 110 cm³/mol. The van der Waals surface area contributed by atoms with Crippen molar-refractivity contribution in [3.8, 4) is 0 Å². The lowest BCUT2D eigenvalue weighted by Crippen LogP contribution is -2.29. The largest absolute Gasteiger partial charge is 0.416 e. The van der Waals surface area contributed by atoms with Crippen LogP contribution in [-0.2, 0) is 12.6 Å². The van der Waals surface area contributed by atoms with Gasteiger partial charge in [0.25, 0.3) is 0 Å². The molecule has 1 N–H and O–H groups in total. The van der Waals surface area contributed by atoms with E-state index >= 15 is 0 Å². The van der Waals surface area contributed by atoms with Gasteiger partial charge in [-0.2, -0.15) is 13.2 Å². The van der Waals surface area contributed by atoms with Gasteiger partial charge in [-0.1, -0.05) is 12.1 Å². The van der Waals surface area contributed by atoms with E-state index in [1.807, 2.05) is 6.20 Å². The van der Waals surface area contributed by atoms with Gasteiger partial charge < -0.3 is 4.98 Å². The first-order valence-corrected chi connectivity index (χ1v) is 10.5. The van der Waals surface area contributed by atoms with Crippen molar-refractivity contribution in [1.82, 2.24) is 9.88 Å². The SMILES string of the molecule is FC(F)(F)c1ccc2[nH]cc(CCCCN3CC=C(c4cccs4)CC3)c2c1. The van der Waals surface area contributed by atoms with Crippen molar-refractivity contribution in [2.45, 2.75) is 31.9 Å². The predicted octanol–water partition coefficient (Wildman–Crippen LogP) is 6.36. The van der Waals surface area contributed by atoms with Gasteiger partial charge in [0.05, 0.1) is 5.56 Å². The Morgan fingerprint density at radius 3 is 2.75 bits per heavy atom. The number of aromatic amines is 1. The lowest BCUT2D eigenvalue weighted by molar-refractivity contribution is -0.137. The van der Waals surface area contributed by atoms with E-state index in [1.54, 1.807) is 11.3 Å². The molecule has 0 amide bonds. The van der Waals surface area contributed by atoms with Gasteiger partial charge in [-0.3, -0.25) is 4.90 Å². The van der Waals surface area contributed by atoms with Gasteiger partial charge in [0, 0.05) is 35.1 Å². The molecule has 0 fully saturated rings. The van der Waals surface area contributed by atoms with Crippen molar-refractivity contribution in [2.24, 2.45) is 0 Å². The number of alkyl halides is 3. The summed E-state index contributed by atoms with van der Waals surface area (Å²) < 4.78 is 38.9. The summed E-state index contributed by atoms with van der Waals surface area (Å²) in [4.78, 5) is 6.92. The molecule has 0 aliphatic carbocycles. The molecule has 4 rings (SSSR count). The third-order valence-corrected chi connectivity index (χ3v) is 6.34. The molecule has 3 heterocycles. The molecule has 0 unspecified atom stereocenters. The smallest absolute Gasteiger partial charge is 0.361 e. The summed E-state index contributed by atoms with van der Waals surface area (Å²) in [5.41, 5.74) is 2.61. The topological polar surface area (TPSA) is 19.0 Å². The fraction of sp³-hybridized carbons (Fsp3) is 0.364. The van der Waals surface area contributed by atoms with E-state index in [-0.39, 0.29) is 0 Å². The Labute approximate surface area is 166 Å². The maximum atomic E-state index is 13.0. The number of H-pyrrole nitrogens is 1. The number of hydrogen-bond acceptors (Lipinski definition) is 2. The highest BCUT2D eigenvalue weighted by Gasteiger charge is 2.30. The maximum Gasteiger partial charge on any atom is 0.416 e. The summed E-state index contributed by atoms with van der Waals surface area (Å²) >= 11 is 1.79. The number of halogens is 3. The zero-order valence-corrected chi connectivity index (χ0v) is 16.4. The zero-order valence-electron chi connectivity index (χ0n) is 15.6. The fourth-order valence-electron chi connectivity index (χ4n) is 3.81. The molecular weight excluding hydrogens is 381 g/mol. The van der Waals surface area contributed by atoms with Crippen molar-refractivity contribution in [3.05, 3.63) is 64.0 Å². The number of benzene rings is 1. The minimum atomic E-state index is -4.30. The summed E-state index contributed by atoms with van der Waals surface area (Å²) in [6, 6.07) is 8.19. The molecule has 0 atom stereocenters. The normalized spacial score (nSPS) is 15.9. The number of nitrogens with one attached hydrogen (secondary N) is 1. The Hall–Kier alpha value is -2.05. The summed E-state index contributed by atoms with van der Waals surface area (Å²) in [6.45, 7) is 3.09. The van der Waals surface area contributed by atoms with Gasteiger partial charge in [0.1, 0.15) is 0 Å². The number of hydrogen-bond donors (Lipinski definition) is 1. The molecule has 6 heteroatoms. The minimum absolute atomic E-state index is 0.581. The molecule has 0 bridgehead atoms. The Morgan fingerprint density at radius 1 is 1.14 bits per heavy atom. The van der Waals surface area contributed by atoms with E-state index < -0.39 is 11.7 Å². The highest BCUT2D eigenvalue weighted by molar-refractivity contribution is 7.11. The van der Waals surface area contributed by atoms with Crippen LogP contribution in [0.5, 0.6) is 0 Å². The van der Waals surface area contributed by atoms with Gasteiger partial charge >= 0.3 is 6.18 Å². The molecule has 1 aromatic carbocycles. The quantitative estimate of drug-likeness (QED) is 0.474. The van der Waals surface area contributed by atoms with E-state index in [9.17, 15) is 13.2 Å². The molecule has 148 valence electrons. The number of fused-ring (bicyclic) bond motifs is 1. The van der Waals surface area contributed by atoms with Crippen molar-refractivity contribution >= 4 is 27.8 Å². The van der Waals surface area contributed by atoms with Gasteiger partial charge in [-0.15, -0.1) is 11.3 Å². The lowest BCUT2D eigenvalue weighted by Gasteiger charge is -2.25. The third kappa shape index (κ3) is 4.33. The van der Waals surface area contributed by atoms with Crippen LogP contribution >= 0.6 is 11.3 Å². The van der Waals surface area contributed by atoms with Gasteiger partial charge in [0.2, 0.25) is 0 Å². The molecular formula is C22H23F3N2S. The van der Waals surface area contributed by atoms with Crippen LogP contribution in [0.2, 0.25) is 0 Å². The number of thiophene rings is 1. The number of aryl methyl sites for hydroxylation is 1. The highest BCUT2D eigenvalue weighted by Crippen LogP contribution is 2.32. The molecule has 0 saturated heterocycles. The highest BCUT2D eigenvalue weighted by atomic mass is 32.1.